The first-order valence-electron chi connectivity index (χ1n) is 5.62. The maximum Gasteiger partial charge on any atom is 0.322 e. The molecule has 0 unspecified atom stereocenters. The molecular weight excluding hydrogens is 235 g/mol. The smallest absolute Gasteiger partial charge is 0.322 e. The van der Waals surface area contributed by atoms with Gasteiger partial charge in [-0.25, -0.2) is 9.18 Å². The van der Waals surface area contributed by atoms with Gasteiger partial charge in [0.2, 0.25) is 0 Å². The molecule has 0 saturated heterocycles. The molecule has 1 aromatic rings. The Morgan fingerprint density at radius 3 is 2.94 bits per heavy atom. The Bertz CT molecular complexity index is 435. The largest absolute Gasteiger partial charge is 0.395 e. The van der Waals surface area contributed by atoms with Crippen LogP contribution in [0.15, 0.2) is 30.9 Å². The summed E-state index contributed by atoms with van der Waals surface area (Å²) in [6.45, 7) is 5.70. The van der Waals surface area contributed by atoms with Crippen LogP contribution in [-0.2, 0) is 0 Å². The molecule has 5 heteroatoms. The Labute approximate surface area is 106 Å². The van der Waals surface area contributed by atoms with Crippen LogP contribution in [0.2, 0.25) is 0 Å². The van der Waals surface area contributed by atoms with Gasteiger partial charge in [-0.05, 0) is 24.6 Å². The van der Waals surface area contributed by atoms with Gasteiger partial charge in [-0.15, -0.1) is 6.58 Å². The van der Waals surface area contributed by atoms with Crippen LogP contribution < -0.4 is 5.32 Å². The summed E-state index contributed by atoms with van der Waals surface area (Å²) in [5.41, 5.74) is 1.19. The molecule has 0 heterocycles. The number of amides is 2. The molecule has 0 radical (unpaired) electrons. The van der Waals surface area contributed by atoms with Crippen molar-refractivity contribution >= 4 is 11.7 Å². The van der Waals surface area contributed by atoms with E-state index in [1.54, 1.807) is 19.1 Å². The van der Waals surface area contributed by atoms with E-state index in [9.17, 15) is 9.18 Å². The number of hydrogen-bond donors (Lipinski definition) is 2. The lowest BCUT2D eigenvalue weighted by atomic mass is 10.2. The van der Waals surface area contributed by atoms with E-state index < -0.39 is 11.8 Å². The van der Waals surface area contributed by atoms with E-state index in [1.807, 2.05) is 0 Å². The first-order valence-corrected chi connectivity index (χ1v) is 5.62. The highest BCUT2D eigenvalue weighted by molar-refractivity contribution is 5.90. The Morgan fingerprint density at radius 1 is 1.61 bits per heavy atom. The molecule has 0 saturated carbocycles. The molecule has 0 fully saturated rings. The molecule has 0 spiro atoms. The van der Waals surface area contributed by atoms with Crippen LogP contribution in [0.1, 0.15) is 5.56 Å². The summed E-state index contributed by atoms with van der Waals surface area (Å²) in [5, 5.41) is 11.5. The van der Waals surface area contributed by atoms with Crippen molar-refractivity contribution in [1.29, 1.82) is 0 Å². The van der Waals surface area contributed by atoms with Gasteiger partial charge < -0.3 is 15.3 Å². The number of anilines is 1. The van der Waals surface area contributed by atoms with Crippen molar-refractivity contribution in [3.8, 4) is 0 Å². The minimum atomic E-state index is -0.409. The number of aliphatic hydroxyl groups is 1. The van der Waals surface area contributed by atoms with Crippen molar-refractivity contribution < 1.29 is 14.3 Å². The van der Waals surface area contributed by atoms with Crippen LogP contribution >= 0.6 is 0 Å². The minimum absolute atomic E-state index is 0.136. The standard InChI is InChI=1S/C13H17FN2O2/c1-3-6-16(7-8-17)13(18)15-12-9-11(14)5-4-10(12)2/h3-5,9,17H,1,6-8H2,2H3,(H,15,18). The topological polar surface area (TPSA) is 52.6 Å². The molecule has 0 aliphatic rings. The highest BCUT2D eigenvalue weighted by atomic mass is 19.1. The molecule has 2 N–H and O–H groups in total. The molecule has 18 heavy (non-hydrogen) atoms. The molecule has 0 aliphatic carbocycles. The van der Waals surface area contributed by atoms with Crippen LogP contribution in [0.3, 0.4) is 0 Å². The fourth-order valence-corrected chi connectivity index (χ4v) is 1.48. The van der Waals surface area contributed by atoms with Gasteiger partial charge in [0.15, 0.2) is 0 Å². The lowest BCUT2D eigenvalue weighted by Gasteiger charge is -2.21. The van der Waals surface area contributed by atoms with Gasteiger partial charge in [-0.1, -0.05) is 12.1 Å². The molecule has 1 aromatic carbocycles. The van der Waals surface area contributed by atoms with Crippen molar-refractivity contribution in [2.45, 2.75) is 6.92 Å². The highest BCUT2D eigenvalue weighted by Gasteiger charge is 2.12. The van der Waals surface area contributed by atoms with Gasteiger partial charge in [0.05, 0.1) is 6.61 Å². The van der Waals surface area contributed by atoms with E-state index in [2.05, 4.69) is 11.9 Å². The summed E-state index contributed by atoms with van der Waals surface area (Å²) in [4.78, 5) is 13.3. The number of rotatable bonds is 5. The molecule has 0 bridgehead atoms. The normalized spacial score (nSPS) is 9.94. The second-order valence-electron chi connectivity index (χ2n) is 3.85. The second kappa shape index (κ2) is 6.76. The van der Waals surface area contributed by atoms with Gasteiger partial charge in [0.25, 0.3) is 0 Å². The summed E-state index contributed by atoms with van der Waals surface area (Å²) < 4.78 is 13.1. The van der Waals surface area contributed by atoms with Gasteiger partial charge in [0.1, 0.15) is 5.82 Å². The van der Waals surface area contributed by atoms with Gasteiger partial charge in [0, 0.05) is 18.8 Å². The predicted octanol–water partition coefficient (Wildman–Crippen LogP) is 2.15. The van der Waals surface area contributed by atoms with Crippen LogP contribution in [-0.4, -0.2) is 35.7 Å². The quantitative estimate of drug-likeness (QED) is 0.789. The zero-order valence-corrected chi connectivity index (χ0v) is 10.3. The van der Waals surface area contributed by atoms with Crippen LogP contribution in [0.4, 0.5) is 14.9 Å². The predicted molar refractivity (Wildman–Crippen MR) is 69.0 cm³/mol. The second-order valence-corrected chi connectivity index (χ2v) is 3.85. The third-order valence-corrected chi connectivity index (χ3v) is 2.45. The molecule has 2 amide bonds. The third-order valence-electron chi connectivity index (χ3n) is 2.45. The maximum atomic E-state index is 13.1. The van der Waals surface area contributed by atoms with Crippen molar-refractivity contribution in [2.75, 3.05) is 25.0 Å². The van der Waals surface area contributed by atoms with Crippen LogP contribution in [0.5, 0.6) is 0 Å². The Hall–Kier alpha value is -1.88. The Balaban J connectivity index is 2.78. The summed E-state index contributed by atoms with van der Waals surface area (Å²) in [5.74, 6) is -0.409. The van der Waals surface area contributed by atoms with Gasteiger partial charge in [-0.2, -0.15) is 0 Å². The zero-order chi connectivity index (χ0) is 13.5. The fourth-order valence-electron chi connectivity index (χ4n) is 1.48. The number of halogens is 1. The first kappa shape index (κ1) is 14.2. The van der Waals surface area contributed by atoms with E-state index in [4.69, 9.17) is 5.11 Å². The van der Waals surface area contributed by atoms with Gasteiger partial charge >= 0.3 is 6.03 Å². The monoisotopic (exact) mass is 252 g/mol. The number of aryl methyl sites for hydroxylation is 1. The number of carbonyl (C=O) groups is 1. The van der Waals surface area contributed by atoms with E-state index in [-0.39, 0.29) is 13.2 Å². The van der Waals surface area contributed by atoms with Crippen molar-refractivity contribution in [1.82, 2.24) is 4.90 Å². The molecule has 0 aromatic heterocycles. The summed E-state index contributed by atoms with van der Waals surface area (Å²) >= 11 is 0. The minimum Gasteiger partial charge on any atom is -0.395 e. The molecule has 0 aliphatic heterocycles. The summed E-state index contributed by atoms with van der Waals surface area (Å²) in [6.07, 6.45) is 1.56. The molecule has 1 rings (SSSR count). The molecular formula is C13H17FN2O2. The maximum absolute atomic E-state index is 13.1. The van der Waals surface area contributed by atoms with Crippen LogP contribution in [0.25, 0.3) is 0 Å². The van der Waals surface area contributed by atoms with E-state index in [0.29, 0.717) is 12.2 Å². The number of carbonyl (C=O) groups excluding carboxylic acids is 1. The number of hydrogen-bond acceptors (Lipinski definition) is 2. The number of nitrogens with zero attached hydrogens (tertiary/aromatic N) is 1. The summed E-state index contributed by atoms with van der Waals surface area (Å²) in [6, 6.07) is 3.80. The Kier molecular flexibility index (Phi) is 5.32. The van der Waals surface area contributed by atoms with E-state index in [1.165, 1.54) is 17.0 Å². The lowest BCUT2D eigenvalue weighted by molar-refractivity contribution is 0.195. The van der Waals surface area contributed by atoms with Crippen molar-refractivity contribution in [3.05, 3.63) is 42.2 Å². The average molecular weight is 252 g/mol. The number of urea groups is 1. The first-order chi connectivity index (χ1) is 8.58. The number of aliphatic hydroxyl groups excluding tert-OH is 1. The summed E-state index contributed by atoms with van der Waals surface area (Å²) in [7, 11) is 0. The highest BCUT2D eigenvalue weighted by Crippen LogP contribution is 2.16. The zero-order valence-electron chi connectivity index (χ0n) is 10.3. The average Bonchev–Trinajstić information content (AvgIpc) is 2.33. The van der Waals surface area contributed by atoms with E-state index in [0.717, 1.165) is 5.56 Å². The van der Waals surface area contributed by atoms with E-state index >= 15 is 0 Å². The fraction of sp³-hybridized carbons (Fsp3) is 0.308. The molecule has 98 valence electrons. The number of nitrogens with one attached hydrogen (secondary N) is 1. The van der Waals surface area contributed by atoms with Gasteiger partial charge in [-0.3, -0.25) is 0 Å². The number of benzene rings is 1. The Morgan fingerprint density at radius 2 is 2.33 bits per heavy atom. The van der Waals surface area contributed by atoms with Crippen molar-refractivity contribution in [2.24, 2.45) is 0 Å². The lowest BCUT2D eigenvalue weighted by Crippen LogP contribution is -2.37. The molecule has 4 nitrogen and oxygen atoms in total. The van der Waals surface area contributed by atoms with Crippen molar-refractivity contribution in [3.63, 3.8) is 0 Å². The van der Waals surface area contributed by atoms with Crippen LogP contribution in [0, 0.1) is 12.7 Å². The third kappa shape index (κ3) is 3.85. The molecule has 0 atom stereocenters. The SMILES string of the molecule is C=CCN(CCO)C(=O)Nc1cc(F)ccc1C.